The first kappa shape index (κ1) is 23.5. The number of benzene rings is 1. The van der Waals surface area contributed by atoms with E-state index in [-0.39, 0.29) is 5.69 Å². The summed E-state index contributed by atoms with van der Waals surface area (Å²) < 4.78 is 48.4. The zero-order valence-corrected chi connectivity index (χ0v) is 17.0. The van der Waals surface area contributed by atoms with Crippen molar-refractivity contribution >= 4 is 23.7 Å². The summed E-state index contributed by atoms with van der Waals surface area (Å²) in [7, 11) is 0. The number of piperidine rings is 1. The van der Waals surface area contributed by atoms with Gasteiger partial charge < -0.3 is 19.7 Å². The third-order valence-electron chi connectivity index (χ3n) is 4.30. The van der Waals surface area contributed by atoms with Gasteiger partial charge in [0.05, 0.1) is 11.5 Å². The van der Waals surface area contributed by atoms with Crippen LogP contribution in [0.4, 0.5) is 23.7 Å². The number of halogens is 3. The Kier molecular flexibility index (Phi) is 7.33. The van der Waals surface area contributed by atoms with Crippen LogP contribution in [0.5, 0.6) is 0 Å². The Morgan fingerprint density at radius 3 is 2.33 bits per heavy atom. The number of carbonyl (C=O) groups excluding carboxylic acids is 3. The second-order valence-corrected chi connectivity index (χ2v) is 7.98. The Balaban J connectivity index is 1.77. The van der Waals surface area contributed by atoms with Crippen molar-refractivity contribution in [1.29, 1.82) is 0 Å². The topological polar surface area (TPSA) is 84.9 Å². The highest BCUT2D eigenvalue weighted by Crippen LogP contribution is 2.30. The molecule has 0 radical (unpaired) electrons. The Morgan fingerprint density at radius 1 is 1.13 bits per heavy atom. The van der Waals surface area contributed by atoms with Gasteiger partial charge in [-0.15, -0.1) is 0 Å². The molecule has 2 amide bonds. The second kappa shape index (κ2) is 9.36. The molecule has 0 spiro atoms. The first-order valence-corrected chi connectivity index (χ1v) is 9.47. The van der Waals surface area contributed by atoms with Crippen molar-refractivity contribution in [2.24, 2.45) is 5.92 Å². The van der Waals surface area contributed by atoms with Crippen LogP contribution in [0.2, 0.25) is 0 Å². The van der Waals surface area contributed by atoms with Gasteiger partial charge in [0.1, 0.15) is 5.60 Å². The third kappa shape index (κ3) is 7.23. The van der Waals surface area contributed by atoms with E-state index in [0.29, 0.717) is 25.9 Å². The van der Waals surface area contributed by atoms with Crippen LogP contribution >= 0.6 is 0 Å². The van der Waals surface area contributed by atoms with E-state index in [0.717, 1.165) is 12.1 Å². The zero-order valence-electron chi connectivity index (χ0n) is 17.0. The minimum absolute atomic E-state index is 0.0449. The molecule has 10 heteroatoms. The summed E-state index contributed by atoms with van der Waals surface area (Å²) in [6.45, 7) is 5.33. The fourth-order valence-electron chi connectivity index (χ4n) is 2.85. The first-order chi connectivity index (χ1) is 13.8. The standard InChI is InChI=1S/C20H25F3N2O5/c1-19(2,3)30-18(28)25-9-7-13(8-10-25)17(27)29-12-16(26)24-15-6-4-5-14(11-15)20(21,22)23/h4-6,11,13H,7-10,12H2,1-3H3,(H,24,26). The van der Waals surface area contributed by atoms with E-state index in [1.54, 1.807) is 20.8 Å². The molecule has 1 aliphatic rings. The summed E-state index contributed by atoms with van der Waals surface area (Å²) in [5.41, 5.74) is -1.55. The Bertz CT molecular complexity index is 781. The number of alkyl halides is 3. The second-order valence-electron chi connectivity index (χ2n) is 7.98. The van der Waals surface area contributed by atoms with E-state index in [9.17, 15) is 27.6 Å². The van der Waals surface area contributed by atoms with Gasteiger partial charge in [-0.05, 0) is 51.8 Å². The summed E-state index contributed by atoms with van der Waals surface area (Å²) in [6.07, 6.45) is -4.24. The van der Waals surface area contributed by atoms with Crippen LogP contribution in [0.15, 0.2) is 24.3 Å². The number of carbonyl (C=O) groups is 3. The molecule has 1 aromatic carbocycles. The molecule has 7 nitrogen and oxygen atoms in total. The smallest absolute Gasteiger partial charge is 0.416 e. The van der Waals surface area contributed by atoms with Crippen molar-refractivity contribution in [3.8, 4) is 0 Å². The van der Waals surface area contributed by atoms with E-state index in [1.165, 1.54) is 17.0 Å². The molecule has 166 valence electrons. The maximum absolute atomic E-state index is 12.7. The highest BCUT2D eigenvalue weighted by Gasteiger charge is 2.32. The molecule has 1 fully saturated rings. The Labute approximate surface area is 172 Å². The lowest BCUT2D eigenvalue weighted by molar-refractivity contribution is -0.153. The Morgan fingerprint density at radius 2 is 1.77 bits per heavy atom. The van der Waals surface area contributed by atoms with Gasteiger partial charge >= 0.3 is 18.2 Å². The van der Waals surface area contributed by atoms with Crippen LogP contribution in [0.3, 0.4) is 0 Å². The molecule has 30 heavy (non-hydrogen) atoms. The predicted octanol–water partition coefficient (Wildman–Crippen LogP) is 3.83. The number of nitrogens with zero attached hydrogens (tertiary/aromatic N) is 1. The number of nitrogens with one attached hydrogen (secondary N) is 1. The number of esters is 1. The van der Waals surface area contributed by atoms with Crippen LogP contribution in [0.1, 0.15) is 39.2 Å². The van der Waals surface area contributed by atoms with Crippen LogP contribution < -0.4 is 5.32 Å². The average Bonchev–Trinajstić information content (AvgIpc) is 2.64. The fraction of sp³-hybridized carbons (Fsp3) is 0.550. The minimum atomic E-state index is -4.53. The molecule has 0 aliphatic carbocycles. The summed E-state index contributed by atoms with van der Waals surface area (Å²) in [4.78, 5) is 37.6. The lowest BCUT2D eigenvalue weighted by atomic mass is 9.97. The van der Waals surface area contributed by atoms with E-state index < -0.39 is 47.8 Å². The van der Waals surface area contributed by atoms with Crippen molar-refractivity contribution in [1.82, 2.24) is 4.90 Å². The van der Waals surface area contributed by atoms with Crippen molar-refractivity contribution in [2.75, 3.05) is 25.0 Å². The highest BCUT2D eigenvalue weighted by molar-refractivity contribution is 5.93. The quantitative estimate of drug-likeness (QED) is 0.734. The molecule has 0 aromatic heterocycles. The molecule has 2 rings (SSSR count). The summed E-state index contributed by atoms with van der Waals surface area (Å²) in [5.74, 6) is -1.79. The van der Waals surface area contributed by atoms with Crippen molar-refractivity contribution in [3.63, 3.8) is 0 Å². The number of anilines is 1. The first-order valence-electron chi connectivity index (χ1n) is 9.47. The molecule has 1 N–H and O–H groups in total. The maximum atomic E-state index is 12.7. The Hall–Kier alpha value is -2.78. The van der Waals surface area contributed by atoms with Crippen molar-refractivity contribution in [3.05, 3.63) is 29.8 Å². The zero-order chi connectivity index (χ0) is 22.5. The molecular formula is C20H25F3N2O5. The summed E-state index contributed by atoms with van der Waals surface area (Å²) in [5, 5.41) is 2.27. The van der Waals surface area contributed by atoms with Crippen molar-refractivity contribution in [2.45, 2.75) is 45.4 Å². The van der Waals surface area contributed by atoms with E-state index >= 15 is 0 Å². The number of likely N-dealkylation sites (tertiary alicyclic amines) is 1. The van der Waals surface area contributed by atoms with Crippen LogP contribution in [-0.2, 0) is 25.2 Å². The summed E-state index contributed by atoms with van der Waals surface area (Å²) in [6, 6.07) is 4.16. The number of hydrogen-bond acceptors (Lipinski definition) is 5. The van der Waals surface area contributed by atoms with Gasteiger partial charge in [-0.25, -0.2) is 4.79 Å². The lowest BCUT2D eigenvalue weighted by Crippen LogP contribution is -2.43. The summed E-state index contributed by atoms with van der Waals surface area (Å²) >= 11 is 0. The van der Waals surface area contributed by atoms with Crippen LogP contribution in [0, 0.1) is 5.92 Å². The van der Waals surface area contributed by atoms with Gasteiger partial charge in [0, 0.05) is 18.8 Å². The maximum Gasteiger partial charge on any atom is 0.416 e. The van der Waals surface area contributed by atoms with Gasteiger partial charge in [-0.3, -0.25) is 9.59 Å². The van der Waals surface area contributed by atoms with E-state index in [1.807, 2.05) is 0 Å². The molecule has 1 saturated heterocycles. The molecule has 1 heterocycles. The van der Waals surface area contributed by atoms with Crippen LogP contribution in [0.25, 0.3) is 0 Å². The average molecular weight is 430 g/mol. The fourth-order valence-corrected chi connectivity index (χ4v) is 2.85. The van der Waals surface area contributed by atoms with Crippen molar-refractivity contribution < 1.29 is 37.0 Å². The highest BCUT2D eigenvalue weighted by atomic mass is 19.4. The molecule has 1 aromatic rings. The molecule has 0 saturated carbocycles. The van der Waals surface area contributed by atoms with E-state index in [4.69, 9.17) is 9.47 Å². The monoisotopic (exact) mass is 430 g/mol. The molecule has 1 aliphatic heterocycles. The predicted molar refractivity (Wildman–Crippen MR) is 102 cm³/mol. The van der Waals surface area contributed by atoms with Crippen LogP contribution in [-0.4, -0.2) is 48.2 Å². The van der Waals surface area contributed by atoms with Gasteiger partial charge in [0.25, 0.3) is 5.91 Å². The largest absolute Gasteiger partial charge is 0.455 e. The van der Waals surface area contributed by atoms with Gasteiger partial charge in [0.2, 0.25) is 0 Å². The molecule has 0 unspecified atom stereocenters. The SMILES string of the molecule is CC(C)(C)OC(=O)N1CCC(C(=O)OCC(=O)Nc2cccc(C(F)(F)F)c2)CC1. The lowest BCUT2D eigenvalue weighted by Gasteiger charge is -2.32. The van der Waals surface area contributed by atoms with Gasteiger partial charge in [-0.1, -0.05) is 6.07 Å². The van der Waals surface area contributed by atoms with Gasteiger partial charge in [-0.2, -0.15) is 13.2 Å². The van der Waals surface area contributed by atoms with Gasteiger partial charge in [0.15, 0.2) is 6.61 Å². The molecular weight excluding hydrogens is 405 g/mol. The number of hydrogen-bond donors (Lipinski definition) is 1. The normalized spacial score (nSPS) is 15.5. The number of amides is 2. The molecule has 0 bridgehead atoms. The van der Waals surface area contributed by atoms with E-state index in [2.05, 4.69) is 5.32 Å². The minimum Gasteiger partial charge on any atom is -0.455 e. The third-order valence-corrected chi connectivity index (χ3v) is 4.30. The molecule has 0 atom stereocenters. The number of ether oxygens (including phenoxy) is 2. The number of rotatable bonds is 4.